The van der Waals surface area contributed by atoms with Crippen LogP contribution in [0.5, 0.6) is 11.5 Å². The van der Waals surface area contributed by atoms with E-state index in [0.717, 1.165) is 0 Å². The molecule has 1 unspecified atom stereocenters. The van der Waals surface area contributed by atoms with E-state index >= 15 is 0 Å². The molecule has 0 spiro atoms. The van der Waals surface area contributed by atoms with Crippen LogP contribution in [-0.2, 0) is 9.59 Å². The Labute approximate surface area is 196 Å². The Morgan fingerprint density at radius 3 is 2.26 bits per heavy atom. The van der Waals surface area contributed by atoms with Crippen LogP contribution < -0.4 is 14.4 Å². The van der Waals surface area contributed by atoms with Crippen LogP contribution in [0.3, 0.4) is 0 Å². The molecule has 1 amide bonds. The van der Waals surface area contributed by atoms with Crippen LogP contribution in [0.4, 0.5) is 10.1 Å². The first-order valence-electron chi connectivity index (χ1n) is 11.0. The number of anilines is 1. The number of ether oxygens (including phenoxy) is 2. The van der Waals surface area contributed by atoms with Gasteiger partial charge >= 0.3 is 0 Å². The second-order valence-electron chi connectivity index (χ2n) is 7.58. The zero-order valence-corrected chi connectivity index (χ0v) is 18.8. The topological polar surface area (TPSA) is 76.1 Å². The molecule has 1 aliphatic heterocycles. The fourth-order valence-electron chi connectivity index (χ4n) is 4.02. The molecule has 3 aromatic rings. The maximum atomic E-state index is 13.7. The third-order valence-electron chi connectivity index (χ3n) is 5.48. The quantitative estimate of drug-likeness (QED) is 0.296. The minimum atomic E-state index is -0.955. The Bertz CT molecular complexity index is 1240. The molecule has 174 valence electrons. The summed E-state index contributed by atoms with van der Waals surface area (Å²) in [4.78, 5) is 27.7. The van der Waals surface area contributed by atoms with Crippen molar-refractivity contribution in [3.8, 4) is 11.5 Å². The Hall–Kier alpha value is -4.13. The summed E-state index contributed by atoms with van der Waals surface area (Å²) in [6.07, 6.45) is 0. The number of rotatable bonds is 7. The maximum absolute atomic E-state index is 13.7. The average Bonchev–Trinajstić information content (AvgIpc) is 3.11. The normalized spacial score (nSPS) is 17.1. The summed E-state index contributed by atoms with van der Waals surface area (Å²) in [6, 6.07) is 18.1. The monoisotopic (exact) mass is 461 g/mol. The molecule has 34 heavy (non-hydrogen) atoms. The maximum Gasteiger partial charge on any atom is 0.300 e. The number of carbonyl (C=O) groups excluding carboxylic acids is 2. The minimum absolute atomic E-state index is 0.106. The molecule has 1 heterocycles. The number of para-hydroxylation sites is 1. The second kappa shape index (κ2) is 9.79. The number of ketones is 1. The van der Waals surface area contributed by atoms with Gasteiger partial charge in [-0.15, -0.1) is 0 Å². The van der Waals surface area contributed by atoms with Crippen molar-refractivity contribution in [1.29, 1.82) is 0 Å². The van der Waals surface area contributed by atoms with E-state index in [1.807, 2.05) is 6.92 Å². The van der Waals surface area contributed by atoms with Crippen LogP contribution in [0, 0.1) is 5.82 Å². The summed E-state index contributed by atoms with van der Waals surface area (Å²) in [5, 5.41) is 11.4. The number of nitrogens with zero attached hydrogens (tertiary/aromatic N) is 1. The third kappa shape index (κ3) is 4.24. The van der Waals surface area contributed by atoms with Crippen LogP contribution in [0.1, 0.15) is 31.0 Å². The predicted molar refractivity (Wildman–Crippen MR) is 126 cm³/mol. The number of carbonyl (C=O) groups is 2. The summed E-state index contributed by atoms with van der Waals surface area (Å²) in [5.74, 6) is -1.60. The number of benzene rings is 3. The fraction of sp³-hybridized carbons (Fsp3) is 0.185. The van der Waals surface area contributed by atoms with Gasteiger partial charge < -0.3 is 14.6 Å². The van der Waals surface area contributed by atoms with Gasteiger partial charge in [-0.05, 0) is 55.8 Å². The molecule has 6 nitrogen and oxygen atoms in total. The highest BCUT2D eigenvalue weighted by Gasteiger charge is 2.47. The smallest absolute Gasteiger partial charge is 0.300 e. The Kier molecular flexibility index (Phi) is 6.63. The number of amides is 1. The lowest BCUT2D eigenvalue weighted by Gasteiger charge is -2.25. The van der Waals surface area contributed by atoms with Crippen molar-refractivity contribution in [3.63, 3.8) is 0 Å². The van der Waals surface area contributed by atoms with Crippen LogP contribution in [-0.4, -0.2) is 30.0 Å². The molecule has 0 aliphatic carbocycles. The SMILES string of the molecule is CCOc1ccc(/C(O)=C2/C(=O)C(=O)N(c3ccccc3)C2c2ccc(F)cc2)c(OCC)c1. The van der Waals surface area contributed by atoms with Gasteiger partial charge in [0.25, 0.3) is 11.7 Å². The molecule has 0 radical (unpaired) electrons. The Morgan fingerprint density at radius 1 is 0.941 bits per heavy atom. The van der Waals surface area contributed by atoms with E-state index in [9.17, 15) is 19.1 Å². The molecule has 3 aromatic carbocycles. The van der Waals surface area contributed by atoms with E-state index in [-0.39, 0.29) is 16.9 Å². The molecule has 1 saturated heterocycles. The van der Waals surface area contributed by atoms with E-state index in [1.54, 1.807) is 55.5 Å². The van der Waals surface area contributed by atoms with Crippen LogP contribution in [0.15, 0.2) is 78.4 Å². The number of hydrogen-bond donors (Lipinski definition) is 1. The number of Topliss-reactive ketones (excluding diaryl/α,β-unsaturated/α-hetero) is 1. The van der Waals surface area contributed by atoms with Gasteiger partial charge in [-0.1, -0.05) is 30.3 Å². The van der Waals surface area contributed by atoms with Gasteiger partial charge in [0.05, 0.1) is 30.4 Å². The van der Waals surface area contributed by atoms with Gasteiger partial charge in [0.15, 0.2) is 0 Å². The molecule has 1 aliphatic rings. The molecule has 4 rings (SSSR count). The number of aliphatic hydroxyl groups excluding tert-OH is 1. The Balaban J connectivity index is 1.93. The summed E-state index contributed by atoms with van der Waals surface area (Å²) < 4.78 is 24.9. The second-order valence-corrected chi connectivity index (χ2v) is 7.58. The molecule has 1 atom stereocenters. The summed E-state index contributed by atoms with van der Waals surface area (Å²) >= 11 is 0. The van der Waals surface area contributed by atoms with Crippen molar-refractivity contribution in [1.82, 2.24) is 0 Å². The van der Waals surface area contributed by atoms with Crippen LogP contribution >= 0.6 is 0 Å². The minimum Gasteiger partial charge on any atom is -0.507 e. The van der Waals surface area contributed by atoms with Gasteiger partial charge in [0.1, 0.15) is 23.1 Å². The standard InChI is InChI=1S/C27H24FNO5/c1-3-33-20-14-15-21(22(16-20)34-4-2)25(30)23-24(17-10-12-18(28)13-11-17)29(27(32)26(23)31)19-8-6-5-7-9-19/h5-16,24,30H,3-4H2,1-2H3/b25-23-. The number of hydrogen-bond acceptors (Lipinski definition) is 5. The van der Waals surface area contributed by atoms with Gasteiger partial charge in [-0.25, -0.2) is 4.39 Å². The van der Waals surface area contributed by atoms with Gasteiger partial charge in [0, 0.05) is 11.8 Å². The van der Waals surface area contributed by atoms with Gasteiger partial charge in [0.2, 0.25) is 0 Å². The van der Waals surface area contributed by atoms with E-state index in [4.69, 9.17) is 9.47 Å². The van der Waals surface area contributed by atoms with E-state index in [2.05, 4.69) is 0 Å². The van der Waals surface area contributed by atoms with Crippen molar-refractivity contribution < 1.29 is 28.6 Å². The Morgan fingerprint density at radius 2 is 1.62 bits per heavy atom. The van der Waals surface area contributed by atoms with Crippen LogP contribution in [0.25, 0.3) is 5.76 Å². The fourth-order valence-corrected chi connectivity index (χ4v) is 4.02. The third-order valence-corrected chi connectivity index (χ3v) is 5.48. The largest absolute Gasteiger partial charge is 0.507 e. The lowest BCUT2D eigenvalue weighted by molar-refractivity contribution is -0.132. The molecule has 0 aromatic heterocycles. The number of halogens is 1. The highest BCUT2D eigenvalue weighted by atomic mass is 19.1. The molecule has 1 N–H and O–H groups in total. The molecular weight excluding hydrogens is 437 g/mol. The molecule has 0 bridgehead atoms. The van der Waals surface area contributed by atoms with Crippen molar-refractivity contribution in [3.05, 3.63) is 95.3 Å². The lowest BCUT2D eigenvalue weighted by atomic mass is 9.94. The predicted octanol–water partition coefficient (Wildman–Crippen LogP) is 5.25. The van der Waals surface area contributed by atoms with Crippen molar-refractivity contribution in [2.45, 2.75) is 19.9 Å². The molecule has 1 fully saturated rings. The number of aliphatic hydroxyl groups is 1. The molecule has 7 heteroatoms. The van der Waals surface area contributed by atoms with E-state index in [0.29, 0.717) is 36.0 Å². The highest BCUT2D eigenvalue weighted by Crippen LogP contribution is 2.43. The summed E-state index contributed by atoms with van der Waals surface area (Å²) in [7, 11) is 0. The van der Waals surface area contributed by atoms with Gasteiger partial charge in [-0.2, -0.15) is 0 Å². The zero-order chi connectivity index (χ0) is 24.2. The first-order valence-corrected chi connectivity index (χ1v) is 11.0. The van der Waals surface area contributed by atoms with Crippen molar-refractivity contribution >= 4 is 23.1 Å². The highest BCUT2D eigenvalue weighted by molar-refractivity contribution is 6.51. The summed E-state index contributed by atoms with van der Waals surface area (Å²) in [5.41, 5.74) is 1.11. The molecular formula is C27H24FNO5. The van der Waals surface area contributed by atoms with E-state index < -0.39 is 23.5 Å². The molecule has 0 saturated carbocycles. The lowest BCUT2D eigenvalue weighted by Crippen LogP contribution is -2.29. The van der Waals surface area contributed by atoms with Crippen molar-refractivity contribution in [2.24, 2.45) is 0 Å². The van der Waals surface area contributed by atoms with Crippen molar-refractivity contribution in [2.75, 3.05) is 18.1 Å². The first-order chi connectivity index (χ1) is 16.5. The zero-order valence-electron chi connectivity index (χ0n) is 18.8. The first kappa shape index (κ1) is 23.0. The van der Waals surface area contributed by atoms with Crippen LogP contribution in [0.2, 0.25) is 0 Å². The average molecular weight is 461 g/mol. The summed E-state index contributed by atoms with van der Waals surface area (Å²) in [6.45, 7) is 4.41. The van der Waals surface area contributed by atoms with E-state index in [1.165, 1.54) is 29.2 Å². The van der Waals surface area contributed by atoms with Gasteiger partial charge in [-0.3, -0.25) is 14.5 Å².